The molecule has 0 atom stereocenters. The predicted molar refractivity (Wildman–Crippen MR) is 73.7 cm³/mol. The molecule has 0 unspecified atom stereocenters. The van der Waals surface area contributed by atoms with Gasteiger partial charge in [-0.1, -0.05) is 12.1 Å². The first-order chi connectivity index (χ1) is 9.35. The third-order valence-electron chi connectivity index (χ3n) is 2.19. The van der Waals surface area contributed by atoms with Crippen LogP contribution in [0, 0.1) is 0 Å². The number of hydrogen-bond donors (Lipinski definition) is 4. The van der Waals surface area contributed by atoms with Crippen LogP contribution in [0.5, 0.6) is 0 Å². The van der Waals surface area contributed by atoms with E-state index in [0.29, 0.717) is 0 Å². The molecule has 0 fully saturated rings. The van der Waals surface area contributed by atoms with Gasteiger partial charge in [-0.05, 0) is 12.1 Å². The molecule has 0 saturated heterocycles. The Morgan fingerprint density at radius 1 is 1.30 bits per heavy atom. The van der Waals surface area contributed by atoms with Gasteiger partial charge in [0.2, 0.25) is 21.8 Å². The first-order valence-corrected chi connectivity index (χ1v) is 7.30. The van der Waals surface area contributed by atoms with Gasteiger partial charge in [-0.15, -0.1) is 5.10 Å². The number of rotatable bonds is 4. The van der Waals surface area contributed by atoms with Gasteiger partial charge in [-0.3, -0.25) is 14.6 Å². The van der Waals surface area contributed by atoms with Crippen LogP contribution in [0.2, 0.25) is 0 Å². The van der Waals surface area contributed by atoms with Gasteiger partial charge in [0, 0.05) is 0 Å². The minimum atomic E-state index is -3.45. The molecular formula is C10H12N6O3S. The van der Waals surface area contributed by atoms with Gasteiger partial charge in [0.15, 0.2) is 0 Å². The van der Waals surface area contributed by atoms with Crippen molar-refractivity contribution in [3.05, 3.63) is 30.1 Å². The van der Waals surface area contributed by atoms with E-state index in [1.807, 2.05) is 0 Å². The summed E-state index contributed by atoms with van der Waals surface area (Å²) in [7, 11) is -3.45. The molecule has 0 bridgehead atoms. The highest BCUT2D eigenvalue weighted by Gasteiger charge is 2.14. The second-order valence-electron chi connectivity index (χ2n) is 3.92. The lowest BCUT2D eigenvalue weighted by atomic mass is 10.2. The molecule has 1 heterocycles. The first kappa shape index (κ1) is 13.8. The molecule has 9 nitrogen and oxygen atoms in total. The van der Waals surface area contributed by atoms with Crippen molar-refractivity contribution < 1.29 is 13.2 Å². The molecule has 1 aromatic carbocycles. The SMILES string of the molecule is CS(=O)(=O)Nc1ccccc1NC(=O)c1nc(N)n[nH]1. The van der Waals surface area contributed by atoms with Crippen molar-refractivity contribution in [1.82, 2.24) is 15.2 Å². The maximum Gasteiger partial charge on any atom is 0.293 e. The number of anilines is 3. The number of H-pyrrole nitrogens is 1. The van der Waals surface area contributed by atoms with Crippen LogP contribution in [0.4, 0.5) is 17.3 Å². The van der Waals surface area contributed by atoms with Crippen LogP contribution in [0.1, 0.15) is 10.6 Å². The summed E-state index contributed by atoms with van der Waals surface area (Å²) in [6.07, 6.45) is 1.02. The van der Waals surface area contributed by atoms with Crippen LogP contribution >= 0.6 is 0 Å². The fourth-order valence-corrected chi connectivity index (χ4v) is 2.02. The van der Waals surface area contributed by atoms with Crippen molar-refractivity contribution in [2.45, 2.75) is 0 Å². The number of nitrogens with one attached hydrogen (secondary N) is 3. The lowest BCUT2D eigenvalue weighted by Gasteiger charge is -2.10. The molecule has 2 rings (SSSR count). The van der Waals surface area contributed by atoms with E-state index >= 15 is 0 Å². The smallest absolute Gasteiger partial charge is 0.293 e. The summed E-state index contributed by atoms with van der Waals surface area (Å²) in [4.78, 5) is 15.5. The quantitative estimate of drug-likeness (QED) is 0.626. The molecule has 0 radical (unpaired) electrons. The molecule has 106 valence electrons. The van der Waals surface area contributed by atoms with Gasteiger partial charge < -0.3 is 11.1 Å². The van der Waals surface area contributed by atoms with Crippen molar-refractivity contribution in [2.75, 3.05) is 22.0 Å². The van der Waals surface area contributed by atoms with E-state index in [2.05, 4.69) is 25.2 Å². The van der Waals surface area contributed by atoms with E-state index in [9.17, 15) is 13.2 Å². The van der Waals surface area contributed by atoms with Gasteiger partial charge in [-0.2, -0.15) is 4.98 Å². The summed E-state index contributed by atoms with van der Waals surface area (Å²) in [6.45, 7) is 0. The van der Waals surface area contributed by atoms with Crippen molar-refractivity contribution in [3.63, 3.8) is 0 Å². The number of carbonyl (C=O) groups excluding carboxylic acids is 1. The summed E-state index contributed by atoms with van der Waals surface area (Å²) in [5.41, 5.74) is 5.83. The number of benzene rings is 1. The van der Waals surface area contributed by atoms with Gasteiger partial charge >= 0.3 is 0 Å². The zero-order valence-corrected chi connectivity index (χ0v) is 11.2. The standard InChI is InChI=1S/C10H12N6O3S/c1-20(18,19)16-7-5-3-2-4-6(7)12-9(17)8-13-10(11)15-14-8/h2-5,16H,1H3,(H,12,17)(H3,11,13,14,15). The maximum absolute atomic E-state index is 11.9. The van der Waals surface area contributed by atoms with E-state index in [0.717, 1.165) is 6.26 Å². The lowest BCUT2D eigenvalue weighted by molar-refractivity contribution is 0.101. The molecule has 0 aliphatic rings. The van der Waals surface area contributed by atoms with E-state index in [4.69, 9.17) is 5.73 Å². The fraction of sp³-hybridized carbons (Fsp3) is 0.100. The zero-order chi connectivity index (χ0) is 14.8. The average molecular weight is 296 g/mol. The number of nitrogens with zero attached hydrogens (tertiary/aromatic N) is 2. The number of aromatic amines is 1. The molecule has 1 aromatic heterocycles. The van der Waals surface area contributed by atoms with Crippen molar-refractivity contribution in [1.29, 1.82) is 0 Å². The molecule has 2 aromatic rings. The highest BCUT2D eigenvalue weighted by molar-refractivity contribution is 7.92. The minimum absolute atomic E-state index is 0.0577. The molecule has 0 aliphatic heterocycles. The summed E-state index contributed by atoms with van der Waals surface area (Å²) in [5.74, 6) is -0.716. The average Bonchev–Trinajstić information content (AvgIpc) is 2.77. The van der Waals surface area contributed by atoms with Gasteiger partial charge in [-0.25, -0.2) is 8.42 Å². The number of amides is 1. The number of sulfonamides is 1. The summed E-state index contributed by atoms with van der Waals surface area (Å²) >= 11 is 0. The van der Waals surface area contributed by atoms with Crippen molar-refractivity contribution in [2.24, 2.45) is 0 Å². The highest BCUT2D eigenvalue weighted by Crippen LogP contribution is 2.22. The predicted octanol–water partition coefficient (Wildman–Crippen LogP) is 0.0107. The molecule has 1 amide bonds. The molecule has 0 spiro atoms. The highest BCUT2D eigenvalue weighted by atomic mass is 32.2. The van der Waals surface area contributed by atoms with Crippen LogP contribution in [-0.4, -0.2) is 35.8 Å². The number of aromatic nitrogens is 3. The minimum Gasteiger partial charge on any atom is -0.366 e. The lowest BCUT2D eigenvalue weighted by Crippen LogP contribution is -2.17. The topological polar surface area (TPSA) is 143 Å². The fourth-order valence-electron chi connectivity index (χ4n) is 1.44. The Labute approximate surface area is 114 Å². The number of nitrogen functional groups attached to an aromatic ring is 1. The van der Waals surface area contributed by atoms with Crippen LogP contribution in [-0.2, 0) is 10.0 Å². The van der Waals surface area contributed by atoms with E-state index in [1.54, 1.807) is 18.2 Å². The Morgan fingerprint density at radius 2 is 1.95 bits per heavy atom. The number of nitrogens with two attached hydrogens (primary N) is 1. The largest absolute Gasteiger partial charge is 0.366 e. The Kier molecular flexibility index (Phi) is 3.57. The van der Waals surface area contributed by atoms with Gasteiger partial charge in [0.25, 0.3) is 5.91 Å². The molecule has 5 N–H and O–H groups in total. The third kappa shape index (κ3) is 3.45. The molecule has 0 aliphatic carbocycles. The molecule has 10 heteroatoms. The van der Waals surface area contributed by atoms with Gasteiger partial charge in [0.05, 0.1) is 17.6 Å². The van der Waals surface area contributed by atoms with Crippen molar-refractivity contribution in [3.8, 4) is 0 Å². The van der Waals surface area contributed by atoms with Crippen LogP contribution in [0.3, 0.4) is 0 Å². The molecular weight excluding hydrogens is 284 g/mol. The Hall–Kier alpha value is -2.62. The maximum atomic E-state index is 11.9. The number of para-hydroxylation sites is 2. The van der Waals surface area contributed by atoms with E-state index < -0.39 is 15.9 Å². The molecule has 0 saturated carbocycles. The Balaban J connectivity index is 2.23. The Morgan fingerprint density at radius 3 is 2.50 bits per heavy atom. The number of hydrogen-bond acceptors (Lipinski definition) is 6. The van der Waals surface area contributed by atoms with Crippen LogP contribution in [0.15, 0.2) is 24.3 Å². The molecule has 20 heavy (non-hydrogen) atoms. The van der Waals surface area contributed by atoms with E-state index in [1.165, 1.54) is 6.07 Å². The zero-order valence-electron chi connectivity index (χ0n) is 10.4. The summed E-state index contributed by atoms with van der Waals surface area (Å²) < 4.78 is 24.8. The first-order valence-electron chi connectivity index (χ1n) is 5.41. The van der Waals surface area contributed by atoms with Crippen LogP contribution in [0.25, 0.3) is 0 Å². The summed E-state index contributed by atoms with van der Waals surface area (Å²) in [5, 5.41) is 8.39. The van der Waals surface area contributed by atoms with Crippen LogP contribution < -0.4 is 15.8 Å². The second-order valence-corrected chi connectivity index (χ2v) is 5.66. The van der Waals surface area contributed by atoms with Crippen molar-refractivity contribution >= 4 is 33.3 Å². The Bertz CT molecular complexity index is 739. The second kappa shape index (κ2) is 5.17. The normalized spacial score (nSPS) is 11.1. The van der Waals surface area contributed by atoms with Gasteiger partial charge in [0.1, 0.15) is 0 Å². The monoisotopic (exact) mass is 296 g/mol. The summed E-state index contributed by atoms with van der Waals surface area (Å²) in [6, 6.07) is 6.35. The van der Waals surface area contributed by atoms with E-state index in [-0.39, 0.29) is 23.1 Å². The third-order valence-corrected chi connectivity index (χ3v) is 2.78. The number of carbonyl (C=O) groups is 1.